The lowest BCUT2D eigenvalue weighted by molar-refractivity contribution is 0.102. The number of aryl methyl sites for hydroxylation is 1. The molecule has 0 spiro atoms. The van der Waals surface area contributed by atoms with E-state index in [0.717, 1.165) is 5.69 Å². The number of amides is 1. The highest BCUT2D eigenvalue weighted by atomic mass is 16.3. The van der Waals surface area contributed by atoms with Gasteiger partial charge in [0, 0.05) is 17.3 Å². The average molecular weight is 260 g/mol. The Hall–Kier alpha value is -2.34. The largest absolute Gasteiger partial charge is 0.399 e. The van der Waals surface area contributed by atoms with E-state index in [1.807, 2.05) is 6.92 Å². The third-order valence-electron chi connectivity index (χ3n) is 2.63. The molecule has 0 radical (unpaired) electrons. The van der Waals surface area contributed by atoms with Crippen molar-refractivity contribution in [1.29, 1.82) is 0 Å². The molecule has 0 saturated heterocycles. The number of aliphatic hydroxyl groups is 1. The number of nitrogens with two attached hydrogens (primary N) is 1. The van der Waals surface area contributed by atoms with Crippen LogP contribution < -0.4 is 11.1 Å². The second kappa shape index (κ2) is 5.53. The van der Waals surface area contributed by atoms with Crippen molar-refractivity contribution < 1.29 is 9.90 Å². The van der Waals surface area contributed by atoms with Crippen molar-refractivity contribution in [2.24, 2.45) is 0 Å². The lowest BCUT2D eigenvalue weighted by Gasteiger charge is -2.07. The third-order valence-corrected chi connectivity index (χ3v) is 2.63. The average Bonchev–Trinajstić information content (AvgIpc) is 2.71. The number of aliphatic hydroxyl groups excluding tert-OH is 1. The summed E-state index contributed by atoms with van der Waals surface area (Å²) in [6.07, 6.45) is 0. The van der Waals surface area contributed by atoms with E-state index >= 15 is 0 Å². The van der Waals surface area contributed by atoms with Gasteiger partial charge in [-0.05, 0) is 31.2 Å². The SMILES string of the molecule is Cc1cc(NC(=O)c2ccc(N)cc2)n(CCO)n1. The van der Waals surface area contributed by atoms with E-state index in [0.29, 0.717) is 23.6 Å². The maximum absolute atomic E-state index is 12.0. The second-order valence-electron chi connectivity index (χ2n) is 4.19. The van der Waals surface area contributed by atoms with Crippen molar-refractivity contribution >= 4 is 17.4 Å². The van der Waals surface area contributed by atoms with E-state index in [2.05, 4.69) is 10.4 Å². The van der Waals surface area contributed by atoms with Crippen LogP contribution in [0, 0.1) is 6.92 Å². The van der Waals surface area contributed by atoms with Crippen molar-refractivity contribution in [2.45, 2.75) is 13.5 Å². The Kier molecular flexibility index (Phi) is 3.82. The molecular formula is C13H16N4O2. The van der Waals surface area contributed by atoms with Crippen LogP contribution in [0.4, 0.5) is 11.5 Å². The Morgan fingerprint density at radius 2 is 2.11 bits per heavy atom. The van der Waals surface area contributed by atoms with Crippen LogP contribution >= 0.6 is 0 Å². The minimum Gasteiger partial charge on any atom is -0.399 e. The van der Waals surface area contributed by atoms with Crippen molar-refractivity contribution in [3.8, 4) is 0 Å². The molecule has 1 heterocycles. The number of anilines is 2. The number of hydrogen-bond acceptors (Lipinski definition) is 4. The first-order chi connectivity index (χ1) is 9.10. The Balaban J connectivity index is 2.16. The first kappa shape index (κ1) is 13.1. The van der Waals surface area contributed by atoms with Gasteiger partial charge in [0.25, 0.3) is 5.91 Å². The van der Waals surface area contributed by atoms with E-state index in [4.69, 9.17) is 10.8 Å². The molecule has 0 bridgehead atoms. The first-order valence-corrected chi connectivity index (χ1v) is 5.92. The first-order valence-electron chi connectivity index (χ1n) is 5.92. The number of benzene rings is 1. The molecule has 6 nitrogen and oxygen atoms in total. The predicted molar refractivity (Wildman–Crippen MR) is 72.9 cm³/mol. The molecule has 0 aliphatic heterocycles. The monoisotopic (exact) mass is 260 g/mol. The van der Waals surface area contributed by atoms with Gasteiger partial charge < -0.3 is 16.2 Å². The number of aromatic nitrogens is 2. The van der Waals surface area contributed by atoms with Crippen molar-refractivity contribution in [1.82, 2.24) is 9.78 Å². The van der Waals surface area contributed by atoms with Crippen LogP contribution in [-0.2, 0) is 6.54 Å². The van der Waals surface area contributed by atoms with Gasteiger partial charge in [-0.1, -0.05) is 0 Å². The van der Waals surface area contributed by atoms with Crippen LogP contribution in [0.5, 0.6) is 0 Å². The van der Waals surface area contributed by atoms with Crippen molar-refractivity contribution in [3.63, 3.8) is 0 Å². The molecule has 2 rings (SSSR count). The highest BCUT2D eigenvalue weighted by Gasteiger charge is 2.10. The topological polar surface area (TPSA) is 93.2 Å². The quantitative estimate of drug-likeness (QED) is 0.715. The molecule has 1 amide bonds. The van der Waals surface area contributed by atoms with Gasteiger partial charge in [0.05, 0.1) is 18.8 Å². The summed E-state index contributed by atoms with van der Waals surface area (Å²) in [4.78, 5) is 12.0. The van der Waals surface area contributed by atoms with Crippen molar-refractivity contribution in [3.05, 3.63) is 41.6 Å². The number of carbonyl (C=O) groups is 1. The summed E-state index contributed by atoms with van der Waals surface area (Å²) in [6.45, 7) is 2.13. The van der Waals surface area contributed by atoms with E-state index < -0.39 is 0 Å². The molecule has 0 atom stereocenters. The maximum atomic E-state index is 12.0. The number of carbonyl (C=O) groups excluding carboxylic acids is 1. The van der Waals surface area contributed by atoms with Gasteiger partial charge in [0.2, 0.25) is 0 Å². The van der Waals surface area contributed by atoms with Crippen LogP contribution in [0.2, 0.25) is 0 Å². The van der Waals surface area contributed by atoms with E-state index in [-0.39, 0.29) is 12.5 Å². The molecule has 4 N–H and O–H groups in total. The normalized spacial score (nSPS) is 10.4. The second-order valence-corrected chi connectivity index (χ2v) is 4.19. The predicted octanol–water partition coefficient (Wildman–Crippen LogP) is 1.02. The van der Waals surface area contributed by atoms with Gasteiger partial charge in [-0.2, -0.15) is 5.10 Å². The van der Waals surface area contributed by atoms with E-state index in [1.165, 1.54) is 0 Å². The summed E-state index contributed by atoms with van der Waals surface area (Å²) in [5.41, 5.74) is 7.48. The van der Waals surface area contributed by atoms with Crippen LogP contribution in [0.25, 0.3) is 0 Å². The van der Waals surface area contributed by atoms with E-state index in [9.17, 15) is 4.79 Å². The fourth-order valence-corrected chi connectivity index (χ4v) is 1.73. The highest BCUT2D eigenvalue weighted by Crippen LogP contribution is 2.13. The summed E-state index contributed by atoms with van der Waals surface area (Å²) in [5.74, 6) is 0.326. The number of nitrogens with one attached hydrogen (secondary N) is 1. The molecule has 0 fully saturated rings. The van der Waals surface area contributed by atoms with Gasteiger partial charge >= 0.3 is 0 Å². The summed E-state index contributed by atoms with van der Waals surface area (Å²) in [7, 11) is 0. The van der Waals surface area contributed by atoms with Gasteiger partial charge in [-0.3, -0.25) is 4.79 Å². The third kappa shape index (κ3) is 3.11. The Morgan fingerprint density at radius 1 is 1.42 bits per heavy atom. The molecule has 0 aliphatic rings. The minimum absolute atomic E-state index is 0.0359. The standard InChI is InChI=1S/C13H16N4O2/c1-9-8-12(17(16-9)6-7-18)15-13(19)10-2-4-11(14)5-3-10/h2-5,8,18H,6-7,14H2,1H3,(H,15,19). The fourth-order valence-electron chi connectivity index (χ4n) is 1.73. The molecule has 1 aromatic heterocycles. The summed E-state index contributed by atoms with van der Waals surface area (Å²) in [5, 5.41) is 15.9. The zero-order valence-corrected chi connectivity index (χ0v) is 10.6. The molecule has 19 heavy (non-hydrogen) atoms. The van der Waals surface area contributed by atoms with Crippen LogP contribution in [0.1, 0.15) is 16.1 Å². The molecule has 100 valence electrons. The highest BCUT2D eigenvalue weighted by molar-refractivity contribution is 6.04. The summed E-state index contributed by atoms with van der Waals surface area (Å²) < 4.78 is 1.56. The van der Waals surface area contributed by atoms with Crippen molar-refractivity contribution in [2.75, 3.05) is 17.7 Å². The Labute approximate surface area is 110 Å². The Morgan fingerprint density at radius 3 is 2.74 bits per heavy atom. The van der Waals surface area contributed by atoms with Crippen LogP contribution in [0.15, 0.2) is 30.3 Å². The molecule has 0 unspecified atom stereocenters. The zero-order valence-electron chi connectivity index (χ0n) is 10.6. The molecule has 0 aliphatic carbocycles. The molecule has 6 heteroatoms. The number of nitrogens with zero attached hydrogens (tertiary/aromatic N) is 2. The maximum Gasteiger partial charge on any atom is 0.256 e. The summed E-state index contributed by atoms with van der Waals surface area (Å²) in [6, 6.07) is 8.41. The number of rotatable bonds is 4. The molecular weight excluding hydrogens is 244 g/mol. The summed E-state index contributed by atoms with van der Waals surface area (Å²) >= 11 is 0. The van der Waals surface area contributed by atoms with Crippen LogP contribution in [-0.4, -0.2) is 27.4 Å². The Bertz CT molecular complexity index is 575. The van der Waals surface area contributed by atoms with Gasteiger partial charge in [-0.25, -0.2) is 4.68 Å². The number of hydrogen-bond donors (Lipinski definition) is 3. The van der Waals surface area contributed by atoms with Gasteiger partial charge in [-0.15, -0.1) is 0 Å². The van der Waals surface area contributed by atoms with Crippen LogP contribution in [0.3, 0.4) is 0 Å². The fraction of sp³-hybridized carbons (Fsp3) is 0.231. The van der Waals surface area contributed by atoms with E-state index in [1.54, 1.807) is 35.0 Å². The van der Waals surface area contributed by atoms with Gasteiger partial charge in [0.15, 0.2) is 0 Å². The minimum atomic E-state index is -0.237. The molecule has 0 saturated carbocycles. The number of nitrogen functional groups attached to an aromatic ring is 1. The molecule has 2 aromatic rings. The smallest absolute Gasteiger partial charge is 0.256 e. The lowest BCUT2D eigenvalue weighted by Crippen LogP contribution is -2.16. The lowest BCUT2D eigenvalue weighted by atomic mass is 10.2. The zero-order chi connectivity index (χ0) is 13.8. The van der Waals surface area contributed by atoms with Gasteiger partial charge in [0.1, 0.15) is 5.82 Å². The molecule has 1 aromatic carbocycles.